The van der Waals surface area contributed by atoms with Crippen molar-refractivity contribution in [3.8, 4) is 0 Å². The number of carbonyl (C=O) groups is 3. The van der Waals surface area contributed by atoms with Crippen LogP contribution >= 0.6 is 0 Å². The number of aryl methyl sites for hydroxylation is 2. The number of ether oxygens (including phenoxy) is 2. The molecule has 1 aromatic carbocycles. The highest BCUT2D eigenvalue weighted by Gasteiger charge is 2.25. The molecule has 1 heterocycles. The van der Waals surface area contributed by atoms with E-state index in [9.17, 15) is 18.8 Å². The van der Waals surface area contributed by atoms with Gasteiger partial charge < -0.3 is 14.5 Å². The van der Waals surface area contributed by atoms with E-state index in [0.717, 1.165) is 6.08 Å². The second-order valence-corrected chi connectivity index (χ2v) is 5.76. The number of carbonyl (C=O) groups excluding carboxylic acids is 3. The van der Waals surface area contributed by atoms with Gasteiger partial charge in [-0.3, -0.25) is 4.79 Å². The molecule has 142 valence electrons. The summed E-state index contributed by atoms with van der Waals surface area (Å²) in [5.74, 6) is -2.31. The Morgan fingerprint density at radius 1 is 1.11 bits per heavy atom. The Hall–Kier alpha value is -3.22. The van der Waals surface area contributed by atoms with Gasteiger partial charge >= 0.3 is 11.9 Å². The first kappa shape index (κ1) is 20.1. The van der Waals surface area contributed by atoms with Crippen LogP contribution < -0.4 is 0 Å². The summed E-state index contributed by atoms with van der Waals surface area (Å²) in [5.41, 5.74) is 1.78. The number of ketones is 1. The number of aromatic nitrogens is 1. The first-order chi connectivity index (χ1) is 12.8. The van der Waals surface area contributed by atoms with Crippen LogP contribution in [0.3, 0.4) is 0 Å². The average molecular weight is 373 g/mol. The zero-order valence-corrected chi connectivity index (χ0v) is 15.3. The number of benzene rings is 1. The van der Waals surface area contributed by atoms with Gasteiger partial charge in [0, 0.05) is 17.5 Å². The lowest BCUT2D eigenvalue weighted by Crippen LogP contribution is -2.17. The van der Waals surface area contributed by atoms with E-state index in [1.165, 1.54) is 24.3 Å². The van der Waals surface area contributed by atoms with Gasteiger partial charge in [0.25, 0.3) is 0 Å². The van der Waals surface area contributed by atoms with Crippen LogP contribution in [0.25, 0.3) is 6.08 Å². The van der Waals surface area contributed by atoms with Gasteiger partial charge in [-0.25, -0.2) is 14.0 Å². The highest BCUT2D eigenvalue weighted by atomic mass is 19.1. The SMILES string of the molecule is CCOC(=O)c1c(C)[nH]c(C)c1C(=O)COC(=O)/C=C/c1cccc(F)c1. The van der Waals surface area contributed by atoms with Gasteiger partial charge in [0.05, 0.1) is 17.7 Å². The summed E-state index contributed by atoms with van der Waals surface area (Å²) in [4.78, 5) is 39.3. The number of rotatable bonds is 7. The fourth-order valence-corrected chi connectivity index (χ4v) is 2.62. The molecule has 2 aromatic rings. The summed E-state index contributed by atoms with van der Waals surface area (Å²) in [6, 6.07) is 5.68. The predicted octanol–water partition coefficient (Wildman–Crippen LogP) is 3.39. The van der Waals surface area contributed by atoms with Crippen molar-refractivity contribution >= 4 is 23.8 Å². The van der Waals surface area contributed by atoms with E-state index < -0.39 is 30.1 Å². The van der Waals surface area contributed by atoms with Crippen molar-refractivity contribution in [3.63, 3.8) is 0 Å². The van der Waals surface area contributed by atoms with Gasteiger partial charge in [0.15, 0.2) is 6.61 Å². The molecule has 0 atom stereocenters. The molecule has 2 rings (SSSR count). The molecule has 7 heteroatoms. The number of Topliss-reactive ketones (excluding diaryl/α,β-unsaturated/α-hetero) is 1. The maximum absolute atomic E-state index is 13.1. The number of esters is 2. The summed E-state index contributed by atoms with van der Waals surface area (Å²) in [6.45, 7) is 4.62. The molecule has 0 aliphatic carbocycles. The Labute approximate surface area is 156 Å². The van der Waals surface area contributed by atoms with Crippen LogP contribution in [0.4, 0.5) is 4.39 Å². The molecule has 0 saturated heterocycles. The van der Waals surface area contributed by atoms with Crippen LogP contribution in [0, 0.1) is 19.7 Å². The number of nitrogens with one attached hydrogen (secondary N) is 1. The fourth-order valence-electron chi connectivity index (χ4n) is 2.62. The Morgan fingerprint density at radius 3 is 2.48 bits per heavy atom. The molecular formula is C20H20FNO5. The molecule has 0 radical (unpaired) electrons. The third-order valence-electron chi connectivity index (χ3n) is 3.74. The highest BCUT2D eigenvalue weighted by Crippen LogP contribution is 2.20. The molecule has 0 unspecified atom stereocenters. The van der Waals surface area contributed by atoms with E-state index in [4.69, 9.17) is 9.47 Å². The van der Waals surface area contributed by atoms with Crippen molar-refractivity contribution in [2.45, 2.75) is 20.8 Å². The fraction of sp³-hybridized carbons (Fsp3) is 0.250. The number of hydrogen-bond donors (Lipinski definition) is 1. The van der Waals surface area contributed by atoms with Gasteiger partial charge in [0.1, 0.15) is 5.82 Å². The van der Waals surface area contributed by atoms with Crippen LogP contribution in [0.5, 0.6) is 0 Å². The number of hydrogen-bond acceptors (Lipinski definition) is 5. The van der Waals surface area contributed by atoms with Crippen molar-refractivity contribution in [2.75, 3.05) is 13.2 Å². The zero-order chi connectivity index (χ0) is 20.0. The van der Waals surface area contributed by atoms with Crippen molar-refractivity contribution < 1.29 is 28.2 Å². The van der Waals surface area contributed by atoms with Gasteiger partial charge in [0.2, 0.25) is 5.78 Å². The second-order valence-electron chi connectivity index (χ2n) is 5.76. The van der Waals surface area contributed by atoms with E-state index in [1.807, 2.05) is 0 Å². The molecule has 6 nitrogen and oxygen atoms in total. The van der Waals surface area contributed by atoms with E-state index in [2.05, 4.69) is 4.98 Å². The third kappa shape index (κ3) is 5.13. The molecule has 0 aliphatic rings. The maximum atomic E-state index is 13.1. The van der Waals surface area contributed by atoms with E-state index in [-0.39, 0.29) is 17.7 Å². The van der Waals surface area contributed by atoms with Crippen LogP contribution in [0.2, 0.25) is 0 Å². The average Bonchev–Trinajstić information content (AvgIpc) is 2.92. The zero-order valence-electron chi connectivity index (χ0n) is 15.3. The van der Waals surface area contributed by atoms with Crippen molar-refractivity contribution in [2.24, 2.45) is 0 Å². The Bertz CT molecular complexity index is 898. The van der Waals surface area contributed by atoms with Crippen LogP contribution in [0.1, 0.15) is 44.6 Å². The van der Waals surface area contributed by atoms with Crippen molar-refractivity contribution in [1.29, 1.82) is 0 Å². The van der Waals surface area contributed by atoms with Crippen LogP contribution in [-0.4, -0.2) is 35.9 Å². The topological polar surface area (TPSA) is 85.5 Å². The molecular weight excluding hydrogens is 353 g/mol. The number of halogens is 1. The van der Waals surface area contributed by atoms with Gasteiger partial charge in [-0.1, -0.05) is 12.1 Å². The molecule has 0 spiro atoms. The smallest absolute Gasteiger partial charge is 0.340 e. The minimum atomic E-state index is -0.754. The minimum absolute atomic E-state index is 0.144. The first-order valence-electron chi connectivity index (χ1n) is 8.33. The lowest BCUT2D eigenvalue weighted by molar-refractivity contribution is -0.136. The Balaban J connectivity index is 2.05. The van der Waals surface area contributed by atoms with Crippen LogP contribution in [0.15, 0.2) is 30.3 Å². The van der Waals surface area contributed by atoms with E-state index in [1.54, 1.807) is 26.8 Å². The second kappa shape index (κ2) is 8.93. The van der Waals surface area contributed by atoms with Crippen LogP contribution in [-0.2, 0) is 14.3 Å². The predicted molar refractivity (Wildman–Crippen MR) is 96.9 cm³/mol. The summed E-state index contributed by atoms with van der Waals surface area (Å²) < 4.78 is 23.0. The third-order valence-corrected chi connectivity index (χ3v) is 3.74. The van der Waals surface area contributed by atoms with E-state index >= 15 is 0 Å². The maximum Gasteiger partial charge on any atom is 0.340 e. The normalized spacial score (nSPS) is 10.8. The van der Waals surface area contributed by atoms with Gasteiger partial charge in [-0.15, -0.1) is 0 Å². The molecule has 1 N–H and O–H groups in total. The standard InChI is InChI=1S/C20H20FNO5/c1-4-26-20(25)19-13(3)22-12(2)18(19)16(23)11-27-17(24)9-8-14-6-5-7-15(21)10-14/h5-10,22H,4,11H2,1-3H3/b9-8+. The molecule has 0 fully saturated rings. The Kier molecular flexibility index (Phi) is 6.65. The quantitative estimate of drug-likeness (QED) is 0.457. The van der Waals surface area contributed by atoms with Gasteiger partial charge in [-0.05, 0) is 44.5 Å². The lowest BCUT2D eigenvalue weighted by atomic mass is 10.1. The lowest BCUT2D eigenvalue weighted by Gasteiger charge is -2.06. The number of H-pyrrole nitrogens is 1. The van der Waals surface area contributed by atoms with Crippen molar-refractivity contribution in [3.05, 3.63) is 64.2 Å². The summed E-state index contributed by atoms with van der Waals surface area (Å²) in [6.07, 6.45) is 2.48. The molecule has 0 amide bonds. The molecule has 0 aliphatic heterocycles. The van der Waals surface area contributed by atoms with Gasteiger partial charge in [-0.2, -0.15) is 0 Å². The highest BCUT2D eigenvalue weighted by molar-refractivity contribution is 6.09. The van der Waals surface area contributed by atoms with E-state index in [0.29, 0.717) is 17.0 Å². The largest absolute Gasteiger partial charge is 0.462 e. The summed E-state index contributed by atoms with van der Waals surface area (Å²) in [7, 11) is 0. The first-order valence-corrected chi connectivity index (χ1v) is 8.33. The minimum Gasteiger partial charge on any atom is -0.462 e. The Morgan fingerprint density at radius 2 is 1.81 bits per heavy atom. The molecule has 0 bridgehead atoms. The molecule has 0 saturated carbocycles. The molecule has 1 aromatic heterocycles. The number of aromatic amines is 1. The summed E-state index contributed by atoms with van der Waals surface area (Å²) >= 11 is 0. The summed E-state index contributed by atoms with van der Waals surface area (Å²) in [5, 5.41) is 0. The monoisotopic (exact) mass is 373 g/mol. The van der Waals surface area contributed by atoms with Crippen molar-refractivity contribution in [1.82, 2.24) is 4.98 Å². The molecule has 27 heavy (non-hydrogen) atoms.